The normalized spacial score (nSPS) is 24.6. The number of nitrogens with one attached hydrogen (secondary N) is 10. The maximum Gasteiger partial charge on any atom is 0.246 e. The summed E-state index contributed by atoms with van der Waals surface area (Å²) in [6.45, 7) is 11.1. The summed E-state index contributed by atoms with van der Waals surface area (Å²) in [5.74, 6) is -14.3. The van der Waals surface area contributed by atoms with Crippen LogP contribution in [0.5, 0.6) is 0 Å². The molecule has 2 aromatic carbocycles. The molecular weight excluding hydrogens is 1270 g/mol. The number of para-hydroxylation sites is 1. The average Bonchev–Trinajstić information content (AvgIpc) is 1.69. The van der Waals surface area contributed by atoms with E-state index in [1.54, 1.807) is 76.2 Å². The van der Waals surface area contributed by atoms with Crippen LogP contribution in [0.2, 0.25) is 0 Å². The molecule has 5 heterocycles. The zero-order valence-electron chi connectivity index (χ0n) is 54.4. The molecule has 2 saturated heterocycles. The van der Waals surface area contributed by atoms with Crippen molar-refractivity contribution in [1.29, 1.82) is 0 Å². The van der Waals surface area contributed by atoms with Gasteiger partial charge in [-0.05, 0) is 60.8 Å². The molecule has 13 N–H and O–H groups in total. The van der Waals surface area contributed by atoms with Crippen molar-refractivity contribution in [2.24, 2.45) is 29.6 Å². The van der Waals surface area contributed by atoms with Gasteiger partial charge in [0.15, 0.2) is 11.6 Å². The molecule has 0 spiro atoms. The number of Topliss-reactive ketones (excluding diaryl/α,β-unsaturated/α-hetero) is 2. The van der Waals surface area contributed by atoms with E-state index in [0.29, 0.717) is 51.3 Å². The molecule has 3 aromatic rings. The number of hydrogen-bond acceptors (Lipinski definition) is 18. The molecule has 2 fully saturated rings. The lowest BCUT2D eigenvalue weighted by atomic mass is 9.85. The van der Waals surface area contributed by atoms with E-state index in [1.165, 1.54) is 30.5 Å². The Kier molecular flexibility index (Phi) is 26.5. The van der Waals surface area contributed by atoms with Gasteiger partial charge in [-0.2, -0.15) is 11.8 Å². The number of ketones is 2. The van der Waals surface area contributed by atoms with Crippen molar-refractivity contribution in [3.8, 4) is 0 Å². The van der Waals surface area contributed by atoms with E-state index in [0.717, 1.165) is 16.7 Å². The second kappa shape index (κ2) is 34.0. The standard InChI is InChI=1S/C65H88N12O16S2/c1-9-33(4)57-62(91)68-27-53(85)71-45-31-95-64-43(42-12-10-11-13-44(42)72-64)20-38(60(89)67-28-54(86)74-57)21-48(81)58(34(5)49(82)30-78)75-61(90)46-24-41(79)29-77(46)65(93)39(22-47(45)80)23-52(84)66-26-37-14-16-40(17-15-37)70-59(88)35(6)69-63(92)56(32(2)3)73-51(83)18-19-76-36(7)50(94-8)25-55(76)87/h10-17,32-35,38-39,41,45-46,49-50,56-58,72,78-79,82H,7,9,18-31H2,1-6,8H3,(H,66,84)(H,67,89)(H,68,91)(H,69,92)(H,70,88)(H,71,85)(H,73,83)(H,74,86)(H,75,90)/t33-,34-,35-,38+,39-,41+,45-,46+,49-,50?,56?,57-,58-/m0/s1. The highest BCUT2D eigenvalue weighted by molar-refractivity contribution is 7.99. The summed E-state index contributed by atoms with van der Waals surface area (Å²) in [5.41, 5.74) is 2.53. The number of aromatic amines is 1. The Labute approximate surface area is 558 Å². The summed E-state index contributed by atoms with van der Waals surface area (Å²) in [7, 11) is 0. The molecule has 2 bridgehead atoms. The molecular formula is C65H88N12O16S2. The lowest BCUT2D eigenvalue weighted by Gasteiger charge is -2.32. The van der Waals surface area contributed by atoms with Crippen LogP contribution in [0.3, 0.4) is 0 Å². The summed E-state index contributed by atoms with van der Waals surface area (Å²) in [6, 6.07) is 5.39. The van der Waals surface area contributed by atoms with Crippen LogP contribution in [0.25, 0.3) is 10.9 Å². The number of anilines is 1. The molecule has 13 atom stereocenters. The van der Waals surface area contributed by atoms with Crippen LogP contribution in [-0.4, -0.2) is 205 Å². The molecule has 0 radical (unpaired) electrons. The average molecular weight is 1360 g/mol. The van der Waals surface area contributed by atoms with Crippen LogP contribution in [0.4, 0.5) is 5.69 Å². The SMILES string of the molecule is C=C1C(SC)CC(=O)N1CCC(=O)NC(C(=O)N[C@@H](C)C(=O)Nc1ccc(CNC(=O)C[C@@H]2CC(=O)[C@@H]3CSc4[nH]c5ccccc5c4C[C@H](CC(=O)[C@H]([C@@H](C)[C@@H](O)CO)NC(=O)[C@H]4C[C@@H](O)CN4C2=O)C(=O)NCC(=O)N[C@@H]([C@@H](C)CC)C(=O)NCC(=O)N3)cc1)C(C)C. The third-order valence-electron chi connectivity index (χ3n) is 17.8. The number of likely N-dealkylation sites (tertiary alicyclic amines) is 1. The van der Waals surface area contributed by atoms with E-state index >= 15 is 9.59 Å². The molecule has 28 nitrogen and oxygen atoms in total. The molecule has 95 heavy (non-hydrogen) atoms. The van der Waals surface area contributed by atoms with Crippen LogP contribution < -0.4 is 47.9 Å². The minimum absolute atomic E-state index is 0.0660. The molecule has 516 valence electrons. The predicted molar refractivity (Wildman–Crippen MR) is 352 cm³/mol. The summed E-state index contributed by atoms with van der Waals surface area (Å²) in [4.78, 5) is 188. The number of nitrogens with zero attached hydrogens (tertiary/aromatic N) is 2. The number of fused-ring (bicyclic) bond motifs is 5. The van der Waals surface area contributed by atoms with Crippen molar-refractivity contribution in [1.82, 2.24) is 57.3 Å². The largest absolute Gasteiger partial charge is 0.394 e. The van der Waals surface area contributed by atoms with E-state index in [4.69, 9.17) is 0 Å². The number of amides is 11. The second-order valence-electron chi connectivity index (χ2n) is 25.1. The number of hydrogen-bond donors (Lipinski definition) is 13. The van der Waals surface area contributed by atoms with Crippen LogP contribution in [0.15, 0.2) is 65.8 Å². The summed E-state index contributed by atoms with van der Waals surface area (Å²) < 4.78 is 0. The van der Waals surface area contributed by atoms with Crippen molar-refractivity contribution in [3.63, 3.8) is 0 Å². The summed E-state index contributed by atoms with van der Waals surface area (Å²) in [6.07, 6.45) is -3.03. The molecule has 11 amide bonds. The lowest BCUT2D eigenvalue weighted by molar-refractivity contribution is -0.145. The van der Waals surface area contributed by atoms with Crippen LogP contribution >= 0.6 is 23.5 Å². The van der Waals surface area contributed by atoms with Gasteiger partial charge in [0.2, 0.25) is 65.0 Å². The zero-order valence-corrected chi connectivity index (χ0v) is 56.0. The Morgan fingerprint density at radius 1 is 0.789 bits per heavy atom. The highest BCUT2D eigenvalue weighted by atomic mass is 32.2. The van der Waals surface area contributed by atoms with Gasteiger partial charge < -0.3 is 78.0 Å². The van der Waals surface area contributed by atoms with Gasteiger partial charge in [0.1, 0.15) is 24.2 Å². The summed E-state index contributed by atoms with van der Waals surface area (Å²) in [5, 5.41) is 57.1. The molecule has 2 unspecified atom stereocenters. The van der Waals surface area contributed by atoms with Gasteiger partial charge in [0, 0.05) is 98.0 Å². The van der Waals surface area contributed by atoms with Crippen molar-refractivity contribution >= 4 is 117 Å². The maximum absolute atomic E-state index is 15.1. The van der Waals surface area contributed by atoms with Crippen LogP contribution in [0.1, 0.15) is 97.6 Å². The summed E-state index contributed by atoms with van der Waals surface area (Å²) >= 11 is 2.56. The Bertz CT molecular complexity index is 3400. The minimum atomic E-state index is -1.63. The van der Waals surface area contributed by atoms with Crippen molar-refractivity contribution in [2.45, 2.75) is 158 Å². The van der Waals surface area contributed by atoms with Gasteiger partial charge in [-0.1, -0.05) is 78.0 Å². The first-order valence-corrected chi connectivity index (χ1v) is 34.2. The number of aromatic nitrogens is 1. The van der Waals surface area contributed by atoms with Gasteiger partial charge in [-0.25, -0.2) is 0 Å². The number of benzene rings is 2. The molecule has 30 heteroatoms. The smallest absolute Gasteiger partial charge is 0.246 e. The number of H-pyrrole nitrogens is 1. The number of thioether (sulfide) groups is 2. The van der Waals surface area contributed by atoms with Crippen molar-refractivity contribution < 1.29 is 77.6 Å². The zero-order chi connectivity index (χ0) is 69.5. The number of carbonyl (C=O) groups is 13. The number of rotatable bonds is 19. The highest BCUT2D eigenvalue weighted by Crippen LogP contribution is 2.35. The van der Waals surface area contributed by atoms with E-state index in [2.05, 4.69) is 59.4 Å². The number of aliphatic hydroxyl groups excluding tert-OH is 3. The number of carbonyl (C=O) groups excluding carboxylic acids is 13. The molecule has 4 aliphatic heterocycles. The molecule has 1 aromatic heterocycles. The third-order valence-corrected chi connectivity index (χ3v) is 20.0. The van der Waals surface area contributed by atoms with E-state index in [-0.39, 0.29) is 55.2 Å². The topological polar surface area (TPSA) is 413 Å². The predicted octanol–water partition coefficient (Wildman–Crippen LogP) is -0.177. The van der Waals surface area contributed by atoms with Gasteiger partial charge >= 0.3 is 0 Å². The highest BCUT2D eigenvalue weighted by Gasteiger charge is 2.45. The fourth-order valence-electron chi connectivity index (χ4n) is 11.9. The van der Waals surface area contributed by atoms with Crippen LogP contribution in [-0.2, 0) is 75.3 Å². The lowest BCUT2D eigenvalue weighted by Crippen LogP contribution is -2.56. The Morgan fingerprint density at radius 3 is 2.14 bits per heavy atom. The quantitative estimate of drug-likeness (QED) is 0.0740. The fourth-order valence-corrected chi connectivity index (χ4v) is 13.7. The minimum Gasteiger partial charge on any atom is -0.394 e. The fraction of sp³-hybridized carbons (Fsp3) is 0.554. The first-order valence-electron chi connectivity index (χ1n) is 31.9. The number of aliphatic hydroxyl groups is 3. The van der Waals surface area contributed by atoms with Gasteiger partial charge in [0.25, 0.3) is 0 Å². The molecule has 4 aliphatic rings. The van der Waals surface area contributed by atoms with Crippen molar-refractivity contribution in [3.05, 3.63) is 71.9 Å². The molecule has 7 rings (SSSR count). The van der Waals surface area contributed by atoms with E-state index < -0.39 is 188 Å². The van der Waals surface area contributed by atoms with E-state index in [1.807, 2.05) is 6.26 Å². The first kappa shape index (κ1) is 74.2. The Balaban J connectivity index is 1.13. The van der Waals surface area contributed by atoms with Gasteiger partial charge in [0.05, 0.1) is 60.2 Å². The molecule has 0 aliphatic carbocycles. The maximum atomic E-state index is 15.1. The third kappa shape index (κ3) is 19.5. The van der Waals surface area contributed by atoms with Gasteiger partial charge in [-0.3, -0.25) is 62.3 Å². The Morgan fingerprint density at radius 2 is 1.47 bits per heavy atom. The monoisotopic (exact) mass is 1360 g/mol. The molecule has 0 saturated carbocycles. The second-order valence-corrected chi connectivity index (χ2v) is 27.2. The van der Waals surface area contributed by atoms with Crippen LogP contribution in [0, 0.1) is 29.6 Å². The first-order chi connectivity index (χ1) is 45.1. The van der Waals surface area contributed by atoms with Gasteiger partial charge in [-0.15, -0.1) is 11.8 Å². The Hall–Kier alpha value is -8.19. The van der Waals surface area contributed by atoms with Crippen molar-refractivity contribution in [2.75, 3.05) is 50.1 Å². The van der Waals surface area contributed by atoms with E-state index in [9.17, 15) is 68.1 Å².